The number of nitrogens with one attached hydrogen (secondary N) is 1. The molecule has 148 valence electrons. The van der Waals surface area contributed by atoms with E-state index in [4.69, 9.17) is 14.2 Å². The summed E-state index contributed by atoms with van der Waals surface area (Å²) in [5.74, 6) is 3.13. The van der Waals surface area contributed by atoms with E-state index in [9.17, 15) is 0 Å². The van der Waals surface area contributed by atoms with E-state index >= 15 is 0 Å². The van der Waals surface area contributed by atoms with E-state index in [1.165, 1.54) is 11.1 Å². The van der Waals surface area contributed by atoms with Gasteiger partial charge in [0.05, 0.1) is 19.8 Å². The summed E-state index contributed by atoms with van der Waals surface area (Å²) in [6, 6.07) is 14.3. The minimum atomic E-state index is 0.196. The van der Waals surface area contributed by atoms with Gasteiger partial charge in [-0.15, -0.1) is 0 Å². The van der Waals surface area contributed by atoms with Crippen molar-refractivity contribution in [3.05, 3.63) is 53.6 Å². The SMILES string of the molecule is COc1cc(CNCc2ccc(OC(C)C)cc2)ccc1OCCC(C)C. The highest BCUT2D eigenvalue weighted by atomic mass is 16.5. The summed E-state index contributed by atoms with van der Waals surface area (Å²) < 4.78 is 17.0. The average molecular weight is 372 g/mol. The first-order chi connectivity index (χ1) is 13.0. The molecule has 1 N–H and O–H groups in total. The van der Waals surface area contributed by atoms with Gasteiger partial charge in [-0.1, -0.05) is 32.0 Å². The van der Waals surface area contributed by atoms with Crippen molar-refractivity contribution in [3.8, 4) is 17.2 Å². The number of methoxy groups -OCH3 is 1. The Kier molecular flexibility index (Phi) is 8.46. The number of hydrogen-bond donors (Lipinski definition) is 1. The number of ether oxygens (including phenoxy) is 3. The number of rotatable bonds is 11. The largest absolute Gasteiger partial charge is 0.493 e. The third-order valence-corrected chi connectivity index (χ3v) is 4.13. The normalized spacial score (nSPS) is 11.1. The molecule has 4 nitrogen and oxygen atoms in total. The summed E-state index contributed by atoms with van der Waals surface area (Å²) >= 11 is 0. The zero-order valence-corrected chi connectivity index (χ0v) is 17.2. The molecule has 0 aliphatic carbocycles. The fourth-order valence-corrected chi connectivity index (χ4v) is 2.65. The van der Waals surface area contributed by atoms with Crippen LogP contribution in [0.3, 0.4) is 0 Å². The molecule has 0 fully saturated rings. The van der Waals surface area contributed by atoms with Crippen LogP contribution in [0.4, 0.5) is 0 Å². The highest BCUT2D eigenvalue weighted by Crippen LogP contribution is 2.28. The van der Waals surface area contributed by atoms with Gasteiger partial charge < -0.3 is 19.5 Å². The molecule has 0 bridgehead atoms. The first kappa shape index (κ1) is 21.1. The lowest BCUT2D eigenvalue weighted by atomic mass is 10.1. The molecule has 0 radical (unpaired) electrons. The Morgan fingerprint density at radius 2 is 1.52 bits per heavy atom. The predicted octanol–water partition coefficient (Wildman–Crippen LogP) is 5.20. The zero-order chi connectivity index (χ0) is 19.6. The lowest BCUT2D eigenvalue weighted by Gasteiger charge is -2.14. The van der Waals surface area contributed by atoms with Crippen molar-refractivity contribution in [2.45, 2.75) is 53.3 Å². The number of benzene rings is 2. The van der Waals surface area contributed by atoms with Crippen molar-refractivity contribution >= 4 is 0 Å². The van der Waals surface area contributed by atoms with Gasteiger partial charge in [0.1, 0.15) is 5.75 Å². The van der Waals surface area contributed by atoms with Crippen LogP contribution in [0.5, 0.6) is 17.2 Å². The molecule has 0 atom stereocenters. The van der Waals surface area contributed by atoms with Gasteiger partial charge in [0, 0.05) is 13.1 Å². The van der Waals surface area contributed by atoms with E-state index in [1.807, 2.05) is 38.1 Å². The molecule has 0 amide bonds. The fourth-order valence-electron chi connectivity index (χ4n) is 2.65. The Morgan fingerprint density at radius 1 is 0.852 bits per heavy atom. The summed E-state index contributed by atoms with van der Waals surface area (Å²) in [5.41, 5.74) is 2.40. The first-order valence-electron chi connectivity index (χ1n) is 9.74. The van der Waals surface area contributed by atoms with Gasteiger partial charge in [-0.2, -0.15) is 0 Å². The minimum Gasteiger partial charge on any atom is -0.493 e. The van der Waals surface area contributed by atoms with Crippen LogP contribution in [0.2, 0.25) is 0 Å². The van der Waals surface area contributed by atoms with E-state index in [2.05, 4.69) is 37.4 Å². The molecule has 2 rings (SSSR count). The predicted molar refractivity (Wildman–Crippen MR) is 111 cm³/mol. The van der Waals surface area contributed by atoms with Crippen molar-refractivity contribution < 1.29 is 14.2 Å². The van der Waals surface area contributed by atoms with Crippen LogP contribution in [0.15, 0.2) is 42.5 Å². The second kappa shape index (κ2) is 10.8. The van der Waals surface area contributed by atoms with Crippen LogP contribution in [0.25, 0.3) is 0 Å². The fraction of sp³-hybridized carbons (Fsp3) is 0.478. The lowest BCUT2D eigenvalue weighted by molar-refractivity contribution is 0.242. The molecule has 0 unspecified atom stereocenters. The molecule has 0 spiro atoms. The van der Waals surface area contributed by atoms with E-state index in [0.29, 0.717) is 12.5 Å². The second-order valence-electron chi connectivity index (χ2n) is 7.43. The molecule has 0 saturated carbocycles. The molecule has 27 heavy (non-hydrogen) atoms. The van der Waals surface area contributed by atoms with Crippen molar-refractivity contribution in [2.24, 2.45) is 5.92 Å². The maximum Gasteiger partial charge on any atom is 0.161 e. The standard InChI is InChI=1S/C23H33NO3/c1-17(2)12-13-26-22-11-8-20(14-23(22)25-5)16-24-15-19-6-9-21(10-7-19)27-18(3)4/h6-11,14,17-18,24H,12-13,15-16H2,1-5H3. The molecule has 0 aliphatic heterocycles. The van der Waals surface area contributed by atoms with Gasteiger partial charge in [0.15, 0.2) is 11.5 Å². The monoisotopic (exact) mass is 371 g/mol. The Morgan fingerprint density at radius 3 is 2.15 bits per heavy atom. The maximum absolute atomic E-state index is 5.85. The Labute approximate surface area is 163 Å². The maximum atomic E-state index is 5.85. The molecular formula is C23H33NO3. The van der Waals surface area contributed by atoms with Gasteiger partial charge in [0.2, 0.25) is 0 Å². The summed E-state index contributed by atoms with van der Waals surface area (Å²) in [7, 11) is 1.68. The summed E-state index contributed by atoms with van der Waals surface area (Å²) in [6.45, 7) is 10.7. The Balaban J connectivity index is 1.84. The Bertz CT molecular complexity index is 681. The minimum absolute atomic E-state index is 0.196. The van der Waals surface area contributed by atoms with Crippen LogP contribution < -0.4 is 19.5 Å². The first-order valence-corrected chi connectivity index (χ1v) is 9.74. The molecule has 0 saturated heterocycles. The van der Waals surface area contributed by atoms with Crippen LogP contribution in [-0.2, 0) is 13.1 Å². The van der Waals surface area contributed by atoms with Crippen molar-refractivity contribution in [1.82, 2.24) is 5.32 Å². The highest BCUT2D eigenvalue weighted by Gasteiger charge is 2.07. The van der Waals surface area contributed by atoms with Crippen molar-refractivity contribution in [2.75, 3.05) is 13.7 Å². The van der Waals surface area contributed by atoms with Crippen LogP contribution in [-0.4, -0.2) is 19.8 Å². The van der Waals surface area contributed by atoms with Gasteiger partial charge in [-0.25, -0.2) is 0 Å². The van der Waals surface area contributed by atoms with E-state index in [0.717, 1.165) is 36.8 Å². The summed E-state index contributed by atoms with van der Waals surface area (Å²) in [6.07, 6.45) is 1.23. The molecule has 0 aliphatic rings. The van der Waals surface area contributed by atoms with Crippen LogP contribution in [0.1, 0.15) is 45.2 Å². The third-order valence-electron chi connectivity index (χ3n) is 4.13. The van der Waals surface area contributed by atoms with Crippen molar-refractivity contribution in [3.63, 3.8) is 0 Å². The highest BCUT2D eigenvalue weighted by molar-refractivity contribution is 5.43. The van der Waals surface area contributed by atoms with Gasteiger partial charge >= 0.3 is 0 Å². The van der Waals surface area contributed by atoms with Crippen molar-refractivity contribution in [1.29, 1.82) is 0 Å². The van der Waals surface area contributed by atoms with Gasteiger partial charge in [-0.3, -0.25) is 0 Å². The third kappa shape index (κ3) is 7.51. The van der Waals surface area contributed by atoms with E-state index in [1.54, 1.807) is 7.11 Å². The lowest BCUT2D eigenvalue weighted by Crippen LogP contribution is -2.13. The topological polar surface area (TPSA) is 39.7 Å². The van der Waals surface area contributed by atoms with Gasteiger partial charge in [0.25, 0.3) is 0 Å². The second-order valence-corrected chi connectivity index (χ2v) is 7.43. The van der Waals surface area contributed by atoms with E-state index in [-0.39, 0.29) is 6.10 Å². The molecule has 0 heterocycles. The molecule has 0 aromatic heterocycles. The molecule has 2 aromatic carbocycles. The van der Waals surface area contributed by atoms with E-state index < -0.39 is 0 Å². The number of hydrogen-bond acceptors (Lipinski definition) is 4. The smallest absolute Gasteiger partial charge is 0.161 e. The summed E-state index contributed by atoms with van der Waals surface area (Å²) in [4.78, 5) is 0. The summed E-state index contributed by atoms with van der Waals surface area (Å²) in [5, 5.41) is 3.47. The zero-order valence-electron chi connectivity index (χ0n) is 17.2. The Hall–Kier alpha value is -2.20. The quantitative estimate of drug-likeness (QED) is 0.589. The van der Waals surface area contributed by atoms with Crippen LogP contribution >= 0.6 is 0 Å². The molecule has 4 heteroatoms. The molecular weight excluding hydrogens is 338 g/mol. The average Bonchev–Trinajstić information content (AvgIpc) is 2.63. The van der Waals surface area contributed by atoms with Crippen LogP contribution in [0, 0.1) is 5.92 Å². The molecule has 2 aromatic rings. The van der Waals surface area contributed by atoms with Gasteiger partial charge in [-0.05, 0) is 61.6 Å².